The monoisotopic (exact) mass is 381 g/mol. The topological polar surface area (TPSA) is 111 Å². The molecule has 0 atom stereocenters. The number of benzene rings is 2. The van der Waals surface area contributed by atoms with Crippen LogP contribution in [0.4, 0.5) is 21.5 Å². The van der Waals surface area contributed by atoms with Gasteiger partial charge in [-0.05, 0) is 24.3 Å². The molecular formula is C16H13ClFN3O5. The summed E-state index contributed by atoms with van der Waals surface area (Å²) in [5.41, 5.74) is 0.0794. The Morgan fingerprint density at radius 3 is 2.54 bits per heavy atom. The summed E-state index contributed by atoms with van der Waals surface area (Å²) in [6.45, 7) is -0.654. The normalized spacial score (nSPS) is 10.1. The molecule has 0 aliphatic heterocycles. The number of nitrogens with zero attached hydrogens (tertiary/aromatic N) is 1. The molecule has 2 N–H and O–H groups in total. The van der Waals surface area contributed by atoms with Crippen LogP contribution in [0.1, 0.15) is 10.4 Å². The third-order valence-electron chi connectivity index (χ3n) is 3.24. The van der Waals surface area contributed by atoms with Crippen molar-refractivity contribution in [1.29, 1.82) is 0 Å². The molecule has 0 aromatic heterocycles. The minimum absolute atomic E-state index is 0.0131. The lowest BCUT2D eigenvalue weighted by atomic mass is 10.1. The number of nitrogens with one attached hydrogen (secondary N) is 2. The molecule has 0 saturated heterocycles. The van der Waals surface area contributed by atoms with Crippen LogP contribution in [0.25, 0.3) is 0 Å². The van der Waals surface area contributed by atoms with E-state index in [1.54, 1.807) is 0 Å². The van der Waals surface area contributed by atoms with Gasteiger partial charge in [-0.3, -0.25) is 14.9 Å². The van der Waals surface area contributed by atoms with E-state index in [0.717, 1.165) is 18.2 Å². The molecule has 0 unspecified atom stereocenters. The number of carbonyl (C=O) groups excluding carboxylic acids is 2. The number of nitro benzene ring substituents is 1. The second-order valence-electron chi connectivity index (χ2n) is 4.99. The van der Waals surface area contributed by atoms with Crippen LogP contribution < -0.4 is 10.6 Å². The molecule has 10 heteroatoms. The Kier molecular flexibility index (Phi) is 6.07. The summed E-state index contributed by atoms with van der Waals surface area (Å²) in [5.74, 6) is -2.19. The Bertz CT molecular complexity index is 875. The molecule has 8 nitrogen and oxygen atoms in total. The van der Waals surface area contributed by atoms with Crippen molar-refractivity contribution in [2.45, 2.75) is 0 Å². The fourth-order valence-corrected chi connectivity index (χ4v) is 2.23. The smallest absolute Gasteiger partial charge is 0.341 e. The molecule has 0 aliphatic carbocycles. The van der Waals surface area contributed by atoms with Gasteiger partial charge in [-0.2, -0.15) is 0 Å². The van der Waals surface area contributed by atoms with Crippen molar-refractivity contribution >= 4 is 40.5 Å². The second kappa shape index (κ2) is 8.26. The quantitative estimate of drug-likeness (QED) is 0.451. The average Bonchev–Trinajstić information content (AvgIpc) is 2.61. The van der Waals surface area contributed by atoms with Gasteiger partial charge in [-0.25, -0.2) is 9.18 Å². The van der Waals surface area contributed by atoms with Crippen LogP contribution in [0.3, 0.4) is 0 Å². The van der Waals surface area contributed by atoms with Gasteiger partial charge in [0.1, 0.15) is 5.82 Å². The fourth-order valence-electron chi connectivity index (χ4n) is 2.02. The maximum absolute atomic E-state index is 13.0. The SMILES string of the molecule is CNc1ccc([N+](=O)[O-])cc1C(=O)OCC(=O)Nc1ccc(F)cc1Cl. The molecule has 0 radical (unpaired) electrons. The Morgan fingerprint density at radius 2 is 1.92 bits per heavy atom. The first-order valence-corrected chi connectivity index (χ1v) is 7.58. The highest BCUT2D eigenvalue weighted by atomic mass is 35.5. The maximum atomic E-state index is 13.0. The lowest BCUT2D eigenvalue weighted by Crippen LogP contribution is -2.21. The number of rotatable bonds is 6. The van der Waals surface area contributed by atoms with Gasteiger partial charge in [0.15, 0.2) is 6.61 Å². The molecule has 136 valence electrons. The van der Waals surface area contributed by atoms with Crippen LogP contribution in [0.2, 0.25) is 5.02 Å². The number of non-ortho nitro benzene ring substituents is 1. The van der Waals surface area contributed by atoms with Crippen molar-refractivity contribution < 1.29 is 23.6 Å². The molecule has 2 rings (SSSR count). The van der Waals surface area contributed by atoms with Gasteiger partial charge < -0.3 is 15.4 Å². The number of esters is 1. The molecule has 0 bridgehead atoms. The van der Waals surface area contributed by atoms with Crippen LogP contribution in [-0.4, -0.2) is 30.5 Å². The van der Waals surface area contributed by atoms with Crippen LogP contribution in [0.15, 0.2) is 36.4 Å². The fraction of sp³-hybridized carbons (Fsp3) is 0.125. The average molecular weight is 382 g/mol. The number of carbonyl (C=O) groups is 2. The van der Waals surface area contributed by atoms with Gasteiger partial charge in [0.2, 0.25) is 0 Å². The molecule has 2 aromatic rings. The molecule has 0 fully saturated rings. The van der Waals surface area contributed by atoms with Crippen LogP contribution in [0, 0.1) is 15.9 Å². The van der Waals surface area contributed by atoms with Crippen LogP contribution >= 0.6 is 11.6 Å². The first kappa shape index (κ1) is 19.1. The summed E-state index contributed by atoms with van der Waals surface area (Å²) >= 11 is 5.78. The molecular weight excluding hydrogens is 369 g/mol. The Labute approximate surface area is 152 Å². The minimum atomic E-state index is -0.918. The van der Waals surface area contributed by atoms with Crippen molar-refractivity contribution in [1.82, 2.24) is 0 Å². The lowest BCUT2D eigenvalue weighted by Gasteiger charge is -2.10. The van der Waals surface area contributed by atoms with E-state index >= 15 is 0 Å². The van der Waals surface area contributed by atoms with Gasteiger partial charge in [-0.1, -0.05) is 11.6 Å². The molecule has 0 heterocycles. The number of hydrogen-bond acceptors (Lipinski definition) is 6. The summed E-state index contributed by atoms with van der Waals surface area (Å²) in [5, 5.41) is 15.9. The van der Waals surface area contributed by atoms with E-state index in [1.807, 2.05) is 0 Å². The number of anilines is 2. The van der Waals surface area contributed by atoms with E-state index in [2.05, 4.69) is 10.6 Å². The zero-order valence-corrected chi connectivity index (χ0v) is 14.2. The second-order valence-corrected chi connectivity index (χ2v) is 5.39. The van der Waals surface area contributed by atoms with Crippen molar-refractivity contribution in [3.8, 4) is 0 Å². The van der Waals surface area contributed by atoms with Gasteiger partial charge in [-0.15, -0.1) is 0 Å². The van der Waals surface area contributed by atoms with Gasteiger partial charge >= 0.3 is 5.97 Å². The zero-order chi connectivity index (χ0) is 19.3. The number of hydrogen-bond donors (Lipinski definition) is 2. The standard InChI is InChI=1S/C16H13ClFN3O5/c1-19-13-5-3-10(21(24)25)7-11(13)16(23)26-8-15(22)20-14-4-2-9(18)6-12(14)17/h2-7,19H,8H2,1H3,(H,20,22). The van der Waals surface area contributed by atoms with Crippen LogP contribution in [-0.2, 0) is 9.53 Å². The third-order valence-corrected chi connectivity index (χ3v) is 3.56. The lowest BCUT2D eigenvalue weighted by molar-refractivity contribution is -0.384. The van der Waals surface area contributed by atoms with E-state index in [-0.39, 0.29) is 22.0 Å². The van der Waals surface area contributed by atoms with Gasteiger partial charge in [0.05, 0.1) is 21.2 Å². The van der Waals surface area contributed by atoms with Gasteiger partial charge in [0, 0.05) is 24.9 Å². The predicted octanol–water partition coefficient (Wildman–Crippen LogP) is 3.22. The van der Waals surface area contributed by atoms with E-state index < -0.39 is 29.2 Å². The Morgan fingerprint density at radius 1 is 1.23 bits per heavy atom. The number of nitro groups is 1. The Hall–Kier alpha value is -3.20. The van der Waals surface area contributed by atoms with Crippen molar-refractivity contribution in [3.05, 3.63) is 62.9 Å². The highest BCUT2D eigenvalue weighted by Crippen LogP contribution is 2.24. The number of ether oxygens (including phenoxy) is 1. The van der Waals surface area contributed by atoms with E-state index in [1.165, 1.54) is 25.2 Å². The first-order chi connectivity index (χ1) is 12.3. The molecule has 0 spiro atoms. The van der Waals surface area contributed by atoms with E-state index in [9.17, 15) is 24.1 Å². The van der Waals surface area contributed by atoms with Crippen LogP contribution in [0.5, 0.6) is 0 Å². The largest absolute Gasteiger partial charge is 0.452 e. The molecule has 2 aromatic carbocycles. The number of amides is 1. The molecule has 0 aliphatic rings. The summed E-state index contributed by atoms with van der Waals surface area (Å²) in [6.07, 6.45) is 0. The predicted molar refractivity (Wildman–Crippen MR) is 93.0 cm³/mol. The van der Waals surface area contributed by atoms with Gasteiger partial charge in [0.25, 0.3) is 11.6 Å². The first-order valence-electron chi connectivity index (χ1n) is 7.20. The molecule has 26 heavy (non-hydrogen) atoms. The summed E-state index contributed by atoms with van der Waals surface area (Å²) in [7, 11) is 1.53. The maximum Gasteiger partial charge on any atom is 0.341 e. The third kappa shape index (κ3) is 4.67. The van der Waals surface area contributed by atoms with Crippen molar-refractivity contribution in [2.24, 2.45) is 0 Å². The summed E-state index contributed by atoms with van der Waals surface area (Å²) < 4.78 is 17.8. The highest BCUT2D eigenvalue weighted by Gasteiger charge is 2.18. The Balaban J connectivity index is 2.05. The summed E-state index contributed by atoms with van der Waals surface area (Å²) in [4.78, 5) is 34.2. The molecule has 0 saturated carbocycles. The van der Waals surface area contributed by atoms with Crippen molar-refractivity contribution in [3.63, 3.8) is 0 Å². The van der Waals surface area contributed by atoms with E-state index in [0.29, 0.717) is 5.69 Å². The van der Waals surface area contributed by atoms with Crippen molar-refractivity contribution in [2.75, 3.05) is 24.3 Å². The molecule has 1 amide bonds. The minimum Gasteiger partial charge on any atom is -0.452 e. The number of halogens is 2. The highest BCUT2D eigenvalue weighted by molar-refractivity contribution is 6.33. The zero-order valence-electron chi connectivity index (χ0n) is 13.4. The summed E-state index contributed by atoms with van der Waals surface area (Å²) in [6, 6.07) is 7.01. The van der Waals surface area contributed by atoms with E-state index in [4.69, 9.17) is 16.3 Å².